The van der Waals surface area contributed by atoms with Gasteiger partial charge in [-0.25, -0.2) is 18.7 Å². The molecule has 0 radical (unpaired) electrons. The minimum atomic E-state index is -1.01. The zero-order valence-corrected chi connectivity index (χ0v) is 36.8. The summed E-state index contributed by atoms with van der Waals surface area (Å²) < 4.78 is 24.2. The molecule has 3 aromatic heterocycles. The van der Waals surface area contributed by atoms with E-state index in [1.54, 1.807) is 25.8 Å². The number of carbonyl (C=O) groups excluding carboxylic acids is 3. The Kier molecular flexibility index (Phi) is 11.3. The van der Waals surface area contributed by atoms with Crippen LogP contribution in [0.2, 0.25) is 0 Å². The number of carbonyl (C=O) groups is 3. The number of alkyl halides is 1. The van der Waals surface area contributed by atoms with Gasteiger partial charge in [0.05, 0.1) is 41.8 Å². The Morgan fingerprint density at radius 1 is 0.938 bits per heavy atom. The van der Waals surface area contributed by atoms with E-state index in [2.05, 4.69) is 66.4 Å². The Hall–Kier alpha value is -6.75. The van der Waals surface area contributed by atoms with Crippen LogP contribution in [0.1, 0.15) is 73.0 Å². The molecule has 10 rings (SSSR count). The maximum absolute atomic E-state index is 13.6. The number of likely N-dealkylation sites (tertiary alicyclic amines) is 1. The fourth-order valence-electron chi connectivity index (χ4n) is 10.2. The fourth-order valence-corrected chi connectivity index (χ4v) is 10.2. The Morgan fingerprint density at radius 3 is 2.40 bits per heavy atom. The molecule has 1 saturated carbocycles. The molecular weight excluding hydrogens is 830 g/mol. The Morgan fingerprint density at radius 2 is 1.69 bits per heavy atom. The summed E-state index contributed by atoms with van der Waals surface area (Å²) >= 11 is 0. The van der Waals surface area contributed by atoms with E-state index in [1.807, 2.05) is 36.4 Å². The van der Waals surface area contributed by atoms with Gasteiger partial charge < -0.3 is 30.5 Å². The second kappa shape index (κ2) is 17.3. The lowest BCUT2D eigenvalue weighted by Gasteiger charge is -2.38. The second-order valence-corrected chi connectivity index (χ2v) is 17.9. The Balaban J connectivity index is 0.750. The average Bonchev–Trinajstić information content (AvgIpc) is 3.73. The largest absolute Gasteiger partial charge is 0.494 e. The molecule has 3 aliphatic heterocycles. The van der Waals surface area contributed by atoms with Gasteiger partial charge in [-0.05, 0) is 92.4 Å². The third-order valence-corrected chi connectivity index (χ3v) is 13.8. The number of aromatic nitrogens is 5. The molecule has 3 aromatic carbocycles. The van der Waals surface area contributed by atoms with Crippen molar-refractivity contribution in [1.29, 1.82) is 0 Å². The molecule has 3 atom stereocenters. The number of imide groups is 1. The van der Waals surface area contributed by atoms with Gasteiger partial charge in [0.2, 0.25) is 11.8 Å². The van der Waals surface area contributed by atoms with Crippen molar-refractivity contribution >= 4 is 57.3 Å². The number of anilines is 4. The summed E-state index contributed by atoms with van der Waals surface area (Å²) in [6.07, 6.45) is 5.56. The van der Waals surface area contributed by atoms with Crippen molar-refractivity contribution in [2.45, 2.75) is 69.1 Å². The molecule has 17 heteroatoms. The van der Waals surface area contributed by atoms with Crippen molar-refractivity contribution in [2.75, 3.05) is 62.4 Å². The number of hydrogen-bond donors (Lipinski definition) is 4. The van der Waals surface area contributed by atoms with Crippen LogP contribution in [-0.2, 0) is 16.6 Å². The number of benzene rings is 3. The van der Waals surface area contributed by atoms with Gasteiger partial charge >= 0.3 is 5.69 Å². The van der Waals surface area contributed by atoms with Gasteiger partial charge in [-0.3, -0.25) is 28.8 Å². The predicted molar refractivity (Wildman–Crippen MR) is 247 cm³/mol. The maximum atomic E-state index is 13.6. The van der Waals surface area contributed by atoms with E-state index in [0.717, 1.165) is 92.1 Å². The van der Waals surface area contributed by atoms with Crippen LogP contribution in [0.4, 0.5) is 27.3 Å². The summed E-state index contributed by atoms with van der Waals surface area (Å²) in [6.45, 7) is 5.10. The molecule has 3 saturated heterocycles. The minimum absolute atomic E-state index is 0.200. The number of amides is 3. The van der Waals surface area contributed by atoms with Crippen LogP contribution in [0.15, 0.2) is 77.7 Å². The summed E-state index contributed by atoms with van der Waals surface area (Å²) in [5, 5.41) is 16.4. The number of hydrogen-bond acceptors (Lipinski definition) is 11. The van der Waals surface area contributed by atoms with Crippen LogP contribution in [0.25, 0.3) is 27.8 Å². The highest BCUT2D eigenvalue weighted by molar-refractivity contribution is 6.01. The third kappa shape index (κ3) is 8.06. The number of para-hydroxylation sites is 2. The summed E-state index contributed by atoms with van der Waals surface area (Å²) in [5.41, 5.74) is 7.59. The van der Waals surface area contributed by atoms with Crippen molar-refractivity contribution in [3.8, 4) is 16.9 Å². The first-order chi connectivity index (χ1) is 31.6. The first-order valence-electron chi connectivity index (χ1n) is 22.6. The number of nitrogens with one attached hydrogen (secondary N) is 4. The first-order valence-corrected chi connectivity index (χ1v) is 22.6. The lowest BCUT2D eigenvalue weighted by atomic mass is 9.87. The van der Waals surface area contributed by atoms with E-state index >= 15 is 0 Å². The van der Waals surface area contributed by atoms with Crippen LogP contribution in [-0.4, -0.2) is 105 Å². The van der Waals surface area contributed by atoms with E-state index in [0.29, 0.717) is 47.3 Å². The molecular formula is C48H54FN11O5. The van der Waals surface area contributed by atoms with Gasteiger partial charge in [-0.1, -0.05) is 36.4 Å². The Bertz CT molecular complexity index is 2860. The van der Waals surface area contributed by atoms with Gasteiger partial charge in [-0.2, -0.15) is 0 Å². The number of fused-ring (bicyclic) bond motifs is 2. The van der Waals surface area contributed by atoms with Gasteiger partial charge in [0.15, 0.2) is 17.2 Å². The molecule has 6 heterocycles. The van der Waals surface area contributed by atoms with Crippen molar-refractivity contribution in [3.05, 3.63) is 94.7 Å². The van der Waals surface area contributed by atoms with Crippen molar-refractivity contribution in [2.24, 2.45) is 13.0 Å². The molecule has 1 aliphatic carbocycles. The average molecular weight is 884 g/mol. The quantitative estimate of drug-likeness (QED) is 0.110. The zero-order chi connectivity index (χ0) is 44.9. The van der Waals surface area contributed by atoms with Crippen LogP contribution in [0, 0.1) is 5.92 Å². The molecule has 0 spiro atoms. The molecule has 4 aliphatic rings. The third-order valence-electron chi connectivity index (χ3n) is 13.8. The number of imidazole rings is 2. The summed E-state index contributed by atoms with van der Waals surface area (Å²) in [4.78, 5) is 60.5. The second-order valence-electron chi connectivity index (χ2n) is 17.9. The molecule has 65 heavy (non-hydrogen) atoms. The van der Waals surface area contributed by atoms with Gasteiger partial charge in [0.25, 0.3) is 5.91 Å². The molecule has 16 nitrogen and oxygen atoms in total. The summed E-state index contributed by atoms with van der Waals surface area (Å²) in [7, 11) is 5.21. The predicted octanol–water partition coefficient (Wildman–Crippen LogP) is 5.76. The molecule has 3 amide bonds. The van der Waals surface area contributed by atoms with E-state index < -0.39 is 30.1 Å². The van der Waals surface area contributed by atoms with Gasteiger partial charge in [0, 0.05) is 63.9 Å². The smallest absolute Gasteiger partial charge is 0.329 e. The SMILES string of the molecule is CNc1cc(Nc2cccc(C3CCN(CC4CCN(c5ccc(-c6cccc7c6n(C)c(=O)n7C6CCC(=O)NC6=O)cc5)CC4)CC3)c2OC)nn2c(C(=O)N[C@@H]3C[C@@H]3F)cnc12. The van der Waals surface area contributed by atoms with E-state index in [1.165, 1.54) is 21.0 Å². The van der Waals surface area contributed by atoms with Crippen LogP contribution < -0.4 is 36.6 Å². The van der Waals surface area contributed by atoms with Crippen molar-refractivity contribution in [1.82, 2.24) is 39.3 Å². The van der Waals surface area contributed by atoms with Crippen LogP contribution in [0.5, 0.6) is 5.75 Å². The van der Waals surface area contributed by atoms with Crippen molar-refractivity contribution in [3.63, 3.8) is 0 Å². The number of aryl methyl sites for hydroxylation is 1. The standard InChI is InChI=1S/C48H54FN11O5/c1-50-37-25-41(55-60-40(26-51-45(37)60)47(63)53-36-24-34(36)49)52-35-8-4-7-33(44(35)65-3)30-18-20-57(21-19-30)27-28-16-22-58(23-17-28)31-12-10-29(11-13-31)32-6-5-9-38-43(32)56(2)48(64)59(38)39-14-15-42(61)54-46(39)62/h4-13,25-26,28,30,34,36,39,50H,14-24,27H2,1-3H3,(H,52,55)(H,53,63)(H,54,61,62)/t34-,36+,39?/m0/s1. The molecule has 338 valence electrons. The maximum Gasteiger partial charge on any atom is 0.329 e. The lowest BCUT2D eigenvalue weighted by Crippen LogP contribution is -2.44. The topological polar surface area (TPSA) is 172 Å². The van der Waals surface area contributed by atoms with Gasteiger partial charge in [-0.15, -0.1) is 5.10 Å². The monoisotopic (exact) mass is 883 g/mol. The number of piperidine rings is 3. The van der Waals surface area contributed by atoms with Crippen LogP contribution in [0.3, 0.4) is 0 Å². The molecule has 0 bridgehead atoms. The number of nitrogens with zero attached hydrogens (tertiary/aromatic N) is 7. The lowest BCUT2D eigenvalue weighted by molar-refractivity contribution is -0.135. The number of ether oxygens (including phenoxy) is 1. The summed E-state index contributed by atoms with van der Waals surface area (Å²) in [6, 6.07) is 21.2. The van der Waals surface area contributed by atoms with E-state index in [4.69, 9.17) is 9.84 Å². The number of halogens is 1. The first kappa shape index (κ1) is 42.2. The van der Waals surface area contributed by atoms with Gasteiger partial charge in [0.1, 0.15) is 18.0 Å². The Labute approximate surface area is 375 Å². The number of methoxy groups -OCH3 is 1. The molecule has 4 N–H and O–H groups in total. The highest BCUT2D eigenvalue weighted by Gasteiger charge is 2.39. The molecule has 4 fully saturated rings. The molecule has 1 unspecified atom stereocenters. The zero-order valence-electron chi connectivity index (χ0n) is 36.8. The minimum Gasteiger partial charge on any atom is -0.494 e. The van der Waals surface area contributed by atoms with Crippen LogP contribution >= 0.6 is 0 Å². The highest BCUT2D eigenvalue weighted by Crippen LogP contribution is 2.41. The normalized spacial score (nSPS) is 20.9. The highest BCUT2D eigenvalue weighted by atomic mass is 19.1. The summed E-state index contributed by atoms with van der Waals surface area (Å²) in [5.74, 6) is 1.07. The van der Waals surface area contributed by atoms with E-state index in [-0.39, 0.29) is 23.7 Å². The van der Waals surface area contributed by atoms with E-state index in [9.17, 15) is 23.6 Å². The fraction of sp³-hybridized carbons (Fsp3) is 0.417. The molecule has 6 aromatic rings. The number of rotatable bonds is 12. The van der Waals surface area contributed by atoms with Crippen molar-refractivity contribution < 1.29 is 23.5 Å².